The van der Waals surface area contributed by atoms with Crippen LogP contribution in [0.3, 0.4) is 0 Å². The molecular formula is C32H29F3N4O5. The van der Waals surface area contributed by atoms with Gasteiger partial charge in [0.05, 0.1) is 49.7 Å². The number of methoxy groups -OCH3 is 1. The Morgan fingerprint density at radius 3 is 2.45 bits per heavy atom. The zero-order chi connectivity index (χ0) is 31.0. The average molecular weight is 607 g/mol. The number of hydrogen-bond donors (Lipinski definition) is 1. The first-order chi connectivity index (χ1) is 21.1. The third kappa shape index (κ3) is 5.70. The van der Waals surface area contributed by atoms with E-state index >= 15 is 0 Å². The van der Waals surface area contributed by atoms with E-state index in [9.17, 15) is 27.6 Å². The fraction of sp³-hybridized carbons (Fsp3) is 0.312. The minimum atomic E-state index is -4.59. The maximum absolute atomic E-state index is 14.3. The van der Waals surface area contributed by atoms with E-state index < -0.39 is 36.4 Å². The van der Waals surface area contributed by atoms with E-state index in [1.54, 1.807) is 48.5 Å². The van der Waals surface area contributed by atoms with E-state index in [1.165, 1.54) is 30.2 Å². The van der Waals surface area contributed by atoms with E-state index in [0.29, 0.717) is 48.8 Å². The number of alkyl halides is 3. The summed E-state index contributed by atoms with van der Waals surface area (Å²) in [6, 6.07) is 18.0. The van der Waals surface area contributed by atoms with E-state index in [4.69, 9.17) is 14.5 Å². The Labute approximate surface area is 251 Å². The van der Waals surface area contributed by atoms with Crippen molar-refractivity contribution in [2.75, 3.05) is 56.7 Å². The van der Waals surface area contributed by atoms with Crippen LogP contribution in [-0.2, 0) is 19.1 Å². The number of amides is 2. The normalized spacial score (nSPS) is 20.2. The van der Waals surface area contributed by atoms with Crippen molar-refractivity contribution in [3.05, 3.63) is 89.0 Å². The number of fused-ring (bicyclic) bond motifs is 2. The quantitative estimate of drug-likeness (QED) is 0.324. The van der Waals surface area contributed by atoms with Gasteiger partial charge in [0, 0.05) is 31.0 Å². The number of anilines is 2. The van der Waals surface area contributed by atoms with E-state index in [1.807, 2.05) is 4.90 Å². The first kappa shape index (κ1) is 29.5. The molecule has 0 aromatic heterocycles. The van der Waals surface area contributed by atoms with Crippen LogP contribution in [0.15, 0.2) is 71.7 Å². The number of carbonyl (C=O) groups excluding carboxylic acids is 3. The maximum Gasteiger partial charge on any atom is 0.397 e. The van der Waals surface area contributed by atoms with Crippen LogP contribution >= 0.6 is 0 Å². The van der Waals surface area contributed by atoms with Gasteiger partial charge in [-0.3, -0.25) is 19.5 Å². The molecule has 9 nitrogen and oxygen atoms in total. The van der Waals surface area contributed by atoms with Gasteiger partial charge in [-0.15, -0.1) is 0 Å². The van der Waals surface area contributed by atoms with Crippen LogP contribution in [0.2, 0.25) is 0 Å². The molecule has 3 aliphatic heterocycles. The highest BCUT2D eigenvalue weighted by Gasteiger charge is 2.48. The van der Waals surface area contributed by atoms with Crippen molar-refractivity contribution in [2.45, 2.75) is 18.0 Å². The van der Waals surface area contributed by atoms with E-state index in [0.717, 1.165) is 0 Å². The van der Waals surface area contributed by atoms with Gasteiger partial charge in [0.1, 0.15) is 5.92 Å². The first-order valence-corrected chi connectivity index (χ1v) is 14.1. The van der Waals surface area contributed by atoms with Gasteiger partial charge >= 0.3 is 12.1 Å². The molecule has 0 aliphatic carbocycles. The lowest BCUT2D eigenvalue weighted by atomic mass is 9.90. The molecule has 2 amide bonds. The fourth-order valence-corrected chi connectivity index (χ4v) is 5.89. The van der Waals surface area contributed by atoms with Gasteiger partial charge in [0.15, 0.2) is 0 Å². The third-order valence-corrected chi connectivity index (χ3v) is 8.10. The van der Waals surface area contributed by atoms with Crippen molar-refractivity contribution in [1.82, 2.24) is 4.90 Å². The van der Waals surface area contributed by atoms with Gasteiger partial charge in [0.2, 0.25) is 11.8 Å². The topological polar surface area (TPSA) is 101 Å². The summed E-state index contributed by atoms with van der Waals surface area (Å²) in [5.74, 6) is -4.13. The maximum atomic E-state index is 14.3. The molecule has 228 valence electrons. The molecule has 0 radical (unpaired) electrons. The Kier molecular flexibility index (Phi) is 7.95. The van der Waals surface area contributed by atoms with Crippen molar-refractivity contribution in [3.63, 3.8) is 0 Å². The zero-order valence-electron chi connectivity index (χ0n) is 23.8. The van der Waals surface area contributed by atoms with Crippen LogP contribution in [0.5, 0.6) is 0 Å². The molecule has 3 heterocycles. The second kappa shape index (κ2) is 11.9. The van der Waals surface area contributed by atoms with Gasteiger partial charge in [-0.25, -0.2) is 4.79 Å². The summed E-state index contributed by atoms with van der Waals surface area (Å²) in [4.78, 5) is 46.4. The van der Waals surface area contributed by atoms with Crippen molar-refractivity contribution < 1.29 is 37.0 Å². The Hall–Kier alpha value is -4.55. The van der Waals surface area contributed by atoms with E-state index in [2.05, 4.69) is 5.32 Å². The summed E-state index contributed by atoms with van der Waals surface area (Å²) in [6.45, 7) is 1.49. The van der Waals surface area contributed by atoms with Crippen LogP contribution in [0.4, 0.5) is 30.2 Å². The number of halogens is 3. The number of benzene rings is 3. The smallest absolute Gasteiger partial charge is 0.397 e. The summed E-state index contributed by atoms with van der Waals surface area (Å²) in [7, 11) is 1.26. The number of rotatable bonds is 6. The lowest BCUT2D eigenvalue weighted by molar-refractivity contribution is -0.147. The Balaban J connectivity index is 1.39. The predicted octanol–water partition coefficient (Wildman–Crippen LogP) is 4.65. The molecule has 1 N–H and O–H groups in total. The molecule has 2 unspecified atom stereocenters. The summed E-state index contributed by atoms with van der Waals surface area (Å²) < 4.78 is 53.0. The predicted molar refractivity (Wildman–Crippen MR) is 157 cm³/mol. The molecule has 3 aromatic carbocycles. The number of ether oxygens (including phenoxy) is 2. The van der Waals surface area contributed by atoms with Gasteiger partial charge in [-0.2, -0.15) is 13.2 Å². The fourth-order valence-electron chi connectivity index (χ4n) is 5.89. The third-order valence-electron chi connectivity index (χ3n) is 8.10. The Morgan fingerprint density at radius 1 is 1.00 bits per heavy atom. The summed E-state index contributed by atoms with van der Waals surface area (Å²) in [5.41, 5.74) is 2.56. The number of hydrogen-bond acceptors (Lipinski definition) is 7. The molecule has 12 heteroatoms. The second-order valence-electron chi connectivity index (χ2n) is 10.8. The monoisotopic (exact) mass is 606 g/mol. The number of morpholine rings is 1. The van der Waals surface area contributed by atoms with Gasteiger partial charge in [-0.05, 0) is 47.0 Å². The largest absolute Gasteiger partial charge is 0.465 e. The number of carbonyl (C=O) groups is 3. The van der Waals surface area contributed by atoms with Crippen LogP contribution in [-0.4, -0.2) is 81.1 Å². The van der Waals surface area contributed by atoms with Gasteiger partial charge < -0.3 is 19.7 Å². The van der Waals surface area contributed by atoms with Gasteiger partial charge in [0.25, 0.3) is 0 Å². The molecule has 2 atom stereocenters. The van der Waals surface area contributed by atoms with Crippen LogP contribution in [0.25, 0.3) is 0 Å². The molecule has 6 rings (SSSR count). The number of esters is 1. The number of aliphatic imine (C=N–C) groups is 1. The molecule has 0 bridgehead atoms. The van der Waals surface area contributed by atoms with Gasteiger partial charge in [-0.1, -0.05) is 36.4 Å². The minimum Gasteiger partial charge on any atom is -0.465 e. The second-order valence-corrected chi connectivity index (χ2v) is 10.8. The van der Waals surface area contributed by atoms with Crippen LogP contribution < -0.4 is 10.2 Å². The van der Waals surface area contributed by atoms with Crippen molar-refractivity contribution >= 4 is 40.6 Å². The number of nitrogens with one attached hydrogen (secondary N) is 1. The average Bonchev–Trinajstić information content (AvgIpc) is 3.57. The van der Waals surface area contributed by atoms with Crippen LogP contribution in [0.1, 0.15) is 38.9 Å². The lowest BCUT2D eigenvalue weighted by Gasteiger charge is -2.28. The highest BCUT2D eigenvalue weighted by molar-refractivity contribution is 6.24. The standard InChI is InChI=1S/C32H29F3N4O5/c1-43-31(42)20-7-9-22-25(15-20)37-30(41)28(22)29(19-5-3-2-4-6-19)36-21-8-10-26-23(16-21)24(32(33,34)35)17-39(26)27(40)18-38-11-13-44-14-12-38/h2-10,15-16,24,28H,11-14,17-18H2,1H3,(H,37,41). The summed E-state index contributed by atoms with van der Waals surface area (Å²) >= 11 is 0. The summed E-state index contributed by atoms with van der Waals surface area (Å²) in [5, 5.41) is 2.79. The SMILES string of the molecule is COC(=O)c1ccc2c(c1)NC(=O)C2C(=Nc1ccc2c(c1)C(C(F)(F)F)CN2C(=O)CN1CCOCC1)c1ccccc1. The van der Waals surface area contributed by atoms with Crippen molar-refractivity contribution in [3.8, 4) is 0 Å². The minimum absolute atomic E-state index is 0.000665. The molecule has 0 saturated carbocycles. The molecular weight excluding hydrogens is 577 g/mol. The summed E-state index contributed by atoms with van der Waals surface area (Å²) in [6.07, 6.45) is -4.59. The molecule has 44 heavy (non-hydrogen) atoms. The first-order valence-electron chi connectivity index (χ1n) is 14.1. The molecule has 3 aromatic rings. The van der Waals surface area contributed by atoms with Crippen LogP contribution in [0, 0.1) is 0 Å². The zero-order valence-corrected chi connectivity index (χ0v) is 23.8. The molecule has 1 fully saturated rings. The van der Waals surface area contributed by atoms with E-state index in [-0.39, 0.29) is 35.0 Å². The van der Waals surface area contributed by atoms with Crippen molar-refractivity contribution in [2.24, 2.45) is 4.99 Å². The molecule has 0 spiro atoms. The lowest BCUT2D eigenvalue weighted by Crippen LogP contribution is -2.45. The molecule has 1 saturated heterocycles. The highest BCUT2D eigenvalue weighted by atomic mass is 19.4. The number of nitrogens with zero attached hydrogens (tertiary/aromatic N) is 3. The highest BCUT2D eigenvalue weighted by Crippen LogP contribution is 2.47. The Morgan fingerprint density at radius 2 is 1.75 bits per heavy atom. The molecule has 3 aliphatic rings. The Bertz CT molecular complexity index is 1640. The van der Waals surface area contributed by atoms with Crippen molar-refractivity contribution in [1.29, 1.82) is 0 Å².